The molecule has 26 heavy (non-hydrogen) atoms. The summed E-state index contributed by atoms with van der Waals surface area (Å²) in [5.41, 5.74) is 0.837. The van der Waals surface area contributed by atoms with Crippen LogP contribution < -0.4 is 21.5 Å². The van der Waals surface area contributed by atoms with Crippen LogP contribution in [0.1, 0.15) is 25.5 Å². The smallest absolute Gasteiger partial charge is 0.366 e. The van der Waals surface area contributed by atoms with Crippen LogP contribution in [0, 0.1) is 0 Å². The topological polar surface area (TPSA) is 70.6 Å². The van der Waals surface area contributed by atoms with Crippen molar-refractivity contribution in [1.29, 1.82) is 0 Å². The Balaban J connectivity index is 0.00000338. The number of carbonyl (C=O) groups is 2. The molecule has 0 amide bonds. The maximum Gasteiger partial charge on any atom is 0.366 e. The van der Waals surface area contributed by atoms with Crippen molar-refractivity contribution < 1.29 is 45.3 Å². The van der Waals surface area contributed by atoms with E-state index >= 15 is 0 Å². The number of carbonyl (C=O) groups excluding carboxylic acids is 2. The molecule has 1 unspecified atom stereocenters. The standard InChI is InChI=1S/C18H23N2O5.BrH/c1-4-23-14(2)25-18(22)16(20-11-10-19(3)13-20)17(21)24-12-15-8-6-5-7-9-15;/h5-11,13-14,16H,4,12H2,1-3H3;1H/q+1;/p-1/t14-,16?;/m1./s1. The van der Waals surface area contributed by atoms with Gasteiger partial charge in [0.05, 0.1) is 7.05 Å². The summed E-state index contributed by atoms with van der Waals surface area (Å²) in [4.78, 5) is 25.0. The van der Waals surface area contributed by atoms with E-state index in [0.29, 0.717) is 6.61 Å². The Kier molecular flexibility index (Phi) is 9.01. The van der Waals surface area contributed by atoms with Crippen molar-refractivity contribution in [3.63, 3.8) is 0 Å². The molecule has 1 heterocycles. The SMILES string of the molecule is CCO[C@@H](C)OC(=O)C(C(=O)OCc1ccccc1)n1cc[n+](C)c1.[Br-]. The summed E-state index contributed by atoms with van der Waals surface area (Å²) < 4.78 is 18.9. The van der Waals surface area contributed by atoms with E-state index in [2.05, 4.69) is 0 Å². The number of imidazole rings is 1. The Morgan fingerprint density at radius 2 is 1.88 bits per heavy atom. The molecule has 0 aliphatic rings. The molecule has 0 saturated carbocycles. The maximum absolute atomic E-state index is 12.5. The van der Waals surface area contributed by atoms with Gasteiger partial charge in [-0.05, 0) is 19.4 Å². The molecule has 2 rings (SSSR count). The van der Waals surface area contributed by atoms with Gasteiger partial charge >= 0.3 is 11.9 Å². The maximum atomic E-state index is 12.5. The Morgan fingerprint density at radius 1 is 1.19 bits per heavy atom. The van der Waals surface area contributed by atoms with Gasteiger partial charge in [0, 0.05) is 6.61 Å². The number of aryl methyl sites for hydroxylation is 1. The predicted molar refractivity (Wildman–Crippen MR) is 88.1 cm³/mol. The fourth-order valence-electron chi connectivity index (χ4n) is 2.27. The van der Waals surface area contributed by atoms with E-state index in [1.807, 2.05) is 30.3 Å². The second kappa shape index (κ2) is 10.7. The summed E-state index contributed by atoms with van der Waals surface area (Å²) >= 11 is 0. The van der Waals surface area contributed by atoms with Gasteiger partial charge in [-0.2, -0.15) is 0 Å². The van der Waals surface area contributed by atoms with Crippen LogP contribution in [0.15, 0.2) is 49.1 Å². The van der Waals surface area contributed by atoms with Crippen LogP contribution in [0.25, 0.3) is 0 Å². The van der Waals surface area contributed by atoms with Gasteiger partial charge in [0.2, 0.25) is 6.33 Å². The van der Waals surface area contributed by atoms with Gasteiger partial charge < -0.3 is 31.2 Å². The fraction of sp³-hybridized carbons (Fsp3) is 0.389. The van der Waals surface area contributed by atoms with Gasteiger partial charge in [0.25, 0.3) is 6.04 Å². The van der Waals surface area contributed by atoms with Gasteiger partial charge in [-0.3, -0.25) is 0 Å². The van der Waals surface area contributed by atoms with Crippen LogP contribution in [0.5, 0.6) is 0 Å². The highest BCUT2D eigenvalue weighted by Crippen LogP contribution is 2.14. The number of ether oxygens (including phenoxy) is 3. The molecule has 142 valence electrons. The first-order valence-electron chi connectivity index (χ1n) is 8.06. The van der Waals surface area contributed by atoms with Gasteiger partial charge in [-0.25, -0.2) is 18.7 Å². The van der Waals surface area contributed by atoms with E-state index < -0.39 is 24.3 Å². The second-order valence-corrected chi connectivity index (χ2v) is 5.48. The summed E-state index contributed by atoms with van der Waals surface area (Å²) in [5.74, 6) is -1.41. The van der Waals surface area contributed by atoms with Gasteiger partial charge in [-0.1, -0.05) is 30.3 Å². The average molecular weight is 427 g/mol. The molecule has 0 saturated heterocycles. The minimum Gasteiger partial charge on any atom is -1.00 e. The third-order valence-corrected chi connectivity index (χ3v) is 3.44. The number of nitrogens with zero attached hydrogens (tertiary/aromatic N) is 2. The van der Waals surface area contributed by atoms with Crippen molar-refractivity contribution in [1.82, 2.24) is 4.57 Å². The van der Waals surface area contributed by atoms with Crippen LogP contribution in [0.2, 0.25) is 0 Å². The van der Waals surface area contributed by atoms with Crippen molar-refractivity contribution in [2.75, 3.05) is 6.61 Å². The number of halogens is 1. The van der Waals surface area contributed by atoms with Crippen LogP contribution in [0.4, 0.5) is 0 Å². The Morgan fingerprint density at radius 3 is 2.46 bits per heavy atom. The normalized spacial score (nSPS) is 12.6. The van der Waals surface area contributed by atoms with E-state index in [9.17, 15) is 9.59 Å². The summed E-state index contributed by atoms with van der Waals surface area (Å²) in [6.45, 7) is 3.87. The summed E-state index contributed by atoms with van der Waals surface area (Å²) in [6.07, 6.45) is 4.20. The Hall–Kier alpha value is -2.19. The van der Waals surface area contributed by atoms with Crippen LogP contribution >= 0.6 is 0 Å². The first kappa shape index (κ1) is 21.9. The first-order valence-corrected chi connectivity index (χ1v) is 8.06. The lowest BCUT2D eigenvalue weighted by Crippen LogP contribution is -3.00. The third-order valence-electron chi connectivity index (χ3n) is 3.44. The van der Waals surface area contributed by atoms with Crippen molar-refractivity contribution in [3.05, 3.63) is 54.6 Å². The molecule has 2 atom stereocenters. The van der Waals surface area contributed by atoms with Crippen molar-refractivity contribution in [3.8, 4) is 0 Å². The second-order valence-electron chi connectivity index (χ2n) is 5.48. The number of hydrogen-bond donors (Lipinski definition) is 0. The number of esters is 2. The molecule has 2 aromatic rings. The largest absolute Gasteiger partial charge is 1.00 e. The van der Waals surface area contributed by atoms with Crippen molar-refractivity contribution in [2.45, 2.75) is 32.8 Å². The number of aromatic nitrogens is 2. The zero-order chi connectivity index (χ0) is 18.2. The van der Waals surface area contributed by atoms with Crippen molar-refractivity contribution >= 4 is 11.9 Å². The molecule has 0 bridgehead atoms. The van der Waals surface area contributed by atoms with E-state index in [0.717, 1.165) is 5.56 Å². The highest BCUT2D eigenvalue weighted by molar-refractivity contribution is 5.97. The Bertz CT molecular complexity index is 705. The highest BCUT2D eigenvalue weighted by atomic mass is 79.9. The number of rotatable bonds is 8. The van der Waals surface area contributed by atoms with Gasteiger partial charge in [0.1, 0.15) is 19.0 Å². The average Bonchev–Trinajstić information content (AvgIpc) is 3.00. The van der Waals surface area contributed by atoms with E-state index in [1.54, 1.807) is 44.2 Å². The Labute approximate surface area is 163 Å². The zero-order valence-corrected chi connectivity index (χ0v) is 16.6. The molecular weight excluding hydrogens is 404 g/mol. The first-order chi connectivity index (χ1) is 12.0. The predicted octanol–water partition coefficient (Wildman–Crippen LogP) is -1.47. The lowest BCUT2D eigenvalue weighted by Gasteiger charge is -2.16. The molecular formula is C18H23BrN2O5. The van der Waals surface area contributed by atoms with Crippen LogP contribution in [-0.4, -0.2) is 29.4 Å². The minimum absolute atomic E-state index is 0. The molecule has 1 aromatic heterocycles. The quantitative estimate of drug-likeness (QED) is 0.223. The molecule has 1 aromatic carbocycles. The molecule has 0 radical (unpaired) electrons. The number of hydrogen-bond acceptors (Lipinski definition) is 5. The molecule has 8 heteroatoms. The lowest BCUT2D eigenvalue weighted by molar-refractivity contribution is -0.671. The van der Waals surface area contributed by atoms with Gasteiger partial charge in [-0.15, -0.1) is 0 Å². The minimum atomic E-state index is -1.23. The molecule has 7 nitrogen and oxygen atoms in total. The third kappa shape index (κ3) is 6.27. The van der Waals surface area contributed by atoms with E-state index in [1.165, 1.54) is 4.57 Å². The fourth-order valence-corrected chi connectivity index (χ4v) is 2.27. The van der Waals surface area contributed by atoms with E-state index in [4.69, 9.17) is 14.2 Å². The molecule has 0 spiro atoms. The molecule has 0 aliphatic carbocycles. The lowest BCUT2D eigenvalue weighted by atomic mass is 10.2. The monoisotopic (exact) mass is 426 g/mol. The molecule has 0 fully saturated rings. The van der Waals surface area contributed by atoms with E-state index in [-0.39, 0.29) is 23.6 Å². The number of benzene rings is 1. The summed E-state index contributed by atoms with van der Waals surface area (Å²) in [6, 6.07) is 8.03. The van der Waals surface area contributed by atoms with Crippen LogP contribution in [-0.2, 0) is 37.5 Å². The molecule has 0 aliphatic heterocycles. The molecule has 0 N–H and O–H groups in total. The zero-order valence-electron chi connectivity index (χ0n) is 15.0. The van der Waals surface area contributed by atoms with Gasteiger partial charge in [0.15, 0.2) is 6.29 Å². The summed E-state index contributed by atoms with van der Waals surface area (Å²) in [7, 11) is 1.79. The highest BCUT2D eigenvalue weighted by Gasteiger charge is 2.37. The summed E-state index contributed by atoms with van der Waals surface area (Å²) in [5, 5.41) is 0. The van der Waals surface area contributed by atoms with Crippen molar-refractivity contribution in [2.24, 2.45) is 7.05 Å². The van der Waals surface area contributed by atoms with Crippen LogP contribution in [0.3, 0.4) is 0 Å².